The number of piperidine rings is 1. The summed E-state index contributed by atoms with van der Waals surface area (Å²) in [5, 5.41) is 6.81. The molecule has 1 fully saturated rings. The summed E-state index contributed by atoms with van der Waals surface area (Å²) in [6.45, 7) is 5.43. The molecule has 22 heavy (non-hydrogen) atoms. The second-order valence-electron chi connectivity index (χ2n) is 5.61. The van der Waals surface area contributed by atoms with E-state index in [0.29, 0.717) is 18.4 Å². The number of ether oxygens (including phenoxy) is 1. The molecule has 1 aliphatic heterocycles. The fourth-order valence-electron chi connectivity index (χ4n) is 2.69. The highest BCUT2D eigenvalue weighted by Crippen LogP contribution is 2.18. The molecule has 7 nitrogen and oxygen atoms in total. The number of nitrogens with one attached hydrogen (secondary N) is 1. The third kappa shape index (κ3) is 3.85. The van der Waals surface area contributed by atoms with Crippen LogP contribution >= 0.6 is 0 Å². The summed E-state index contributed by atoms with van der Waals surface area (Å²) in [6, 6.07) is 0.413. The van der Waals surface area contributed by atoms with Gasteiger partial charge >= 0.3 is 5.97 Å². The molecule has 2 rings (SSSR count). The predicted molar refractivity (Wildman–Crippen MR) is 82.7 cm³/mol. The summed E-state index contributed by atoms with van der Waals surface area (Å²) in [4.78, 5) is 26.3. The van der Waals surface area contributed by atoms with E-state index >= 15 is 0 Å². The van der Waals surface area contributed by atoms with Gasteiger partial charge in [0, 0.05) is 13.1 Å². The Kier molecular flexibility index (Phi) is 5.54. The van der Waals surface area contributed by atoms with Gasteiger partial charge in [-0.1, -0.05) is 6.42 Å². The predicted octanol–water partition coefficient (Wildman–Crippen LogP) is 1.41. The van der Waals surface area contributed by atoms with Crippen molar-refractivity contribution in [3.05, 3.63) is 11.8 Å². The molecular weight excluding hydrogens is 284 g/mol. The van der Waals surface area contributed by atoms with Gasteiger partial charge < -0.3 is 10.1 Å². The van der Waals surface area contributed by atoms with Gasteiger partial charge in [-0.15, -0.1) is 0 Å². The first-order valence-electron chi connectivity index (χ1n) is 7.76. The molecule has 1 saturated heterocycles. The molecule has 1 aromatic rings. The average molecular weight is 308 g/mol. The van der Waals surface area contributed by atoms with Crippen LogP contribution in [-0.2, 0) is 16.6 Å². The van der Waals surface area contributed by atoms with Crippen molar-refractivity contribution in [3.8, 4) is 0 Å². The van der Waals surface area contributed by atoms with Gasteiger partial charge in [0.25, 0.3) is 0 Å². The van der Waals surface area contributed by atoms with Gasteiger partial charge in [0.1, 0.15) is 11.4 Å². The van der Waals surface area contributed by atoms with Crippen molar-refractivity contribution in [1.29, 1.82) is 0 Å². The van der Waals surface area contributed by atoms with Crippen LogP contribution in [0.15, 0.2) is 6.20 Å². The molecule has 1 aliphatic rings. The number of rotatable bonds is 5. The fourth-order valence-corrected chi connectivity index (χ4v) is 2.69. The van der Waals surface area contributed by atoms with Crippen LogP contribution in [-0.4, -0.2) is 52.3 Å². The Balaban J connectivity index is 2.02. The van der Waals surface area contributed by atoms with E-state index < -0.39 is 5.97 Å². The quantitative estimate of drug-likeness (QED) is 0.832. The van der Waals surface area contributed by atoms with Crippen LogP contribution in [0.1, 0.15) is 43.5 Å². The first-order chi connectivity index (χ1) is 10.5. The van der Waals surface area contributed by atoms with Gasteiger partial charge in [-0.25, -0.2) is 4.79 Å². The minimum absolute atomic E-state index is 0.136. The van der Waals surface area contributed by atoms with Crippen molar-refractivity contribution < 1.29 is 14.3 Å². The van der Waals surface area contributed by atoms with E-state index in [2.05, 4.69) is 22.2 Å². The second kappa shape index (κ2) is 7.40. The summed E-state index contributed by atoms with van der Waals surface area (Å²) in [7, 11) is 1.68. The van der Waals surface area contributed by atoms with Gasteiger partial charge in [0.2, 0.25) is 5.91 Å². The van der Waals surface area contributed by atoms with Gasteiger partial charge in [0.15, 0.2) is 0 Å². The van der Waals surface area contributed by atoms with Crippen molar-refractivity contribution in [2.45, 2.75) is 39.2 Å². The largest absolute Gasteiger partial charge is 0.462 e. The van der Waals surface area contributed by atoms with Crippen LogP contribution in [0, 0.1) is 0 Å². The lowest BCUT2D eigenvalue weighted by atomic mass is 10.0. The Hall–Kier alpha value is -1.89. The molecule has 0 aromatic carbocycles. The second-order valence-corrected chi connectivity index (χ2v) is 5.61. The molecule has 0 aliphatic carbocycles. The zero-order chi connectivity index (χ0) is 16.1. The number of aryl methyl sites for hydroxylation is 1. The van der Waals surface area contributed by atoms with E-state index in [-0.39, 0.29) is 18.1 Å². The Morgan fingerprint density at radius 1 is 1.45 bits per heavy atom. The monoisotopic (exact) mass is 308 g/mol. The maximum Gasteiger partial charge on any atom is 0.343 e. The zero-order valence-corrected chi connectivity index (χ0v) is 13.5. The number of carbonyl (C=O) groups excluding carboxylic acids is 2. The standard InChI is InChI=1S/C15H24N4O3/c1-4-22-15(21)12-9-16-18(3)14(12)17-13(20)10-19-8-6-5-7-11(19)2/h9,11H,4-8,10H2,1-3H3,(H,17,20)/t11-/m0/s1. The lowest BCUT2D eigenvalue weighted by Crippen LogP contribution is -2.42. The molecule has 0 unspecified atom stereocenters. The molecule has 2 heterocycles. The van der Waals surface area contributed by atoms with E-state index in [4.69, 9.17) is 4.74 Å². The van der Waals surface area contributed by atoms with Crippen molar-refractivity contribution in [1.82, 2.24) is 14.7 Å². The molecule has 1 aromatic heterocycles. The third-order valence-corrected chi connectivity index (χ3v) is 3.98. The Morgan fingerprint density at radius 3 is 2.91 bits per heavy atom. The number of amides is 1. The number of anilines is 1. The number of hydrogen-bond donors (Lipinski definition) is 1. The highest BCUT2D eigenvalue weighted by atomic mass is 16.5. The fraction of sp³-hybridized carbons (Fsp3) is 0.667. The first kappa shape index (κ1) is 16.5. The van der Waals surface area contributed by atoms with E-state index in [0.717, 1.165) is 19.4 Å². The van der Waals surface area contributed by atoms with Crippen LogP contribution in [0.5, 0.6) is 0 Å². The summed E-state index contributed by atoms with van der Waals surface area (Å²) in [6.07, 6.45) is 4.87. The van der Waals surface area contributed by atoms with E-state index in [1.807, 2.05) is 0 Å². The molecule has 0 saturated carbocycles. The average Bonchev–Trinajstić information content (AvgIpc) is 2.83. The number of aromatic nitrogens is 2. The number of likely N-dealkylation sites (tertiary alicyclic amines) is 1. The van der Waals surface area contributed by atoms with Crippen molar-refractivity contribution in [2.24, 2.45) is 7.05 Å². The summed E-state index contributed by atoms with van der Waals surface area (Å²) >= 11 is 0. The maximum absolute atomic E-state index is 12.3. The third-order valence-electron chi connectivity index (χ3n) is 3.98. The van der Waals surface area contributed by atoms with Crippen LogP contribution < -0.4 is 5.32 Å². The molecule has 122 valence electrons. The number of hydrogen-bond acceptors (Lipinski definition) is 5. The Labute approximate surface area is 130 Å². The minimum Gasteiger partial charge on any atom is -0.462 e. The van der Waals surface area contributed by atoms with Crippen LogP contribution in [0.25, 0.3) is 0 Å². The van der Waals surface area contributed by atoms with Gasteiger partial charge in [-0.2, -0.15) is 5.10 Å². The SMILES string of the molecule is CCOC(=O)c1cnn(C)c1NC(=O)CN1CCCC[C@@H]1C. The Morgan fingerprint density at radius 2 is 2.23 bits per heavy atom. The van der Waals surface area contributed by atoms with Crippen LogP contribution in [0.2, 0.25) is 0 Å². The minimum atomic E-state index is -0.475. The molecule has 1 atom stereocenters. The summed E-state index contributed by atoms with van der Waals surface area (Å²) in [5.74, 6) is -0.228. The van der Waals surface area contributed by atoms with Crippen LogP contribution in [0.4, 0.5) is 5.82 Å². The molecule has 0 bridgehead atoms. The Bertz CT molecular complexity index is 541. The van der Waals surface area contributed by atoms with E-state index in [9.17, 15) is 9.59 Å². The molecule has 0 radical (unpaired) electrons. The summed E-state index contributed by atoms with van der Waals surface area (Å²) in [5.41, 5.74) is 0.282. The number of nitrogens with zero attached hydrogens (tertiary/aromatic N) is 3. The van der Waals surface area contributed by atoms with Crippen molar-refractivity contribution >= 4 is 17.7 Å². The highest BCUT2D eigenvalue weighted by Gasteiger charge is 2.23. The molecular formula is C15H24N4O3. The van der Waals surface area contributed by atoms with Crippen molar-refractivity contribution in [2.75, 3.05) is 25.0 Å². The van der Waals surface area contributed by atoms with Crippen molar-refractivity contribution in [3.63, 3.8) is 0 Å². The maximum atomic E-state index is 12.3. The normalized spacial score (nSPS) is 19.0. The molecule has 0 spiro atoms. The smallest absolute Gasteiger partial charge is 0.343 e. The lowest BCUT2D eigenvalue weighted by molar-refractivity contribution is -0.118. The van der Waals surface area contributed by atoms with E-state index in [1.165, 1.54) is 17.3 Å². The number of esters is 1. The summed E-state index contributed by atoms with van der Waals surface area (Å²) < 4.78 is 6.45. The van der Waals surface area contributed by atoms with E-state index in [1.54, 1.807) is 14.0 Å². The van der Waals surface area contributed by atoms with Gasteiger partial charge in [0.05, 0.1) is 19.3 Å². The lowest BCUT2D eigenvalue weighted by Gasteiger charge is -2.32. The zero-order valence-electron chi connectivity index (χ0n) is 13.5. The van der Waals surface area contributed by atoms with Gasteiger partial charge in [-0.05, 0) is 33.2 Å². The molecule has 1 amide bonds. The first-order valence-corrected chi connectivity index (χ1v) is 7.76. The molecule has 1 N–H and O–H groups in total. The topological polar surface area (TPSA) is 76.5 Å². The van der Waals surface area contributed by atoms with Crippen LogP contribution in [0.3, 0.4) is 0 Å². The molecule has 7 heteroatoms. The van der Waals surface area contributed by atoms with Gasteiger partial charge in [-0.3, -0.25) is 14.4 Å². The highest BCUT2D eigenvalue weighted by molar-refractivity contribution is 6.00. The number of carbonyl (C=O) groups is 2.